The Balaban J connectivity index is 1.95. The molecule has 19 heavy (non-hydrogen) atoms. The van der Waals surface area contributed by atoms with Gasteiger partial charge in [-0.15, -0.1) is 11.3 Å². The summed E-state index contributed by atoms with van der Waals surface area (Å²) in [5.41, 5.74) is 2.66. The predicted molar refractivity (Wildman–Crippen MR) is 80.0 cm³/mol. The maximum atomic E-state index is 4.52. The minimum atomic E-state index is 0.944. The molecule has 0 amide bonds. The number of nitrogens with one attached hydrogen (secondary N) is 1. The fourth-order valence-corrected chi connectivity index (χ4v) is 3.54. The van der Waals surface area contributed by atoms with Crippen LogP contribution in [0.5, 0.6) is 0 Å². The third kappa shape index (κ3) is 2.18. The molecule has 4 nitrogen and oxygen atoms in total. The molecule has 3 heterocycles. The molecule has 2 aromatic rings. The molecule has 100 valence electrons. The van der Waals surface area contributed by atoms with Gasteiger partial charge in [-0.2, -0.15) is 0 Å². The Bertz CT molecular complexity index is 579. The van der Waals surface area contributed by atoms with E-state index in [-0.39, 0.29) is 0 Å². The first-order chi connectivity index (χ1) is 9.33. The zero-order chi connectivity index (χ0) is 13.2. The van der Waals surface area contributed by atoms with Crippen molar-refractivity contribution >= 4 is 23.0 Å². The van der Waals surface area contributed by atoms with Crippen LogP contribution in [-0.2, 0) is 19.4 Å². The number of nitrogens with zero attached hydrogens (tertiary/aromatic N) is 3. The zero-order valence-electron chi connectivity index (χ0n) is 11.3. The van der Waals surface area contributed by atoms with Crippen molar-refractivity contribution < 1.29 is 0 Å². The van der Waals surface area contributed by atoms with E-state index in [4.69, 9.17) is 0 Å². The number of thiophene rings is 1. The molecular formula is C14H18N4S. The zero-order valence-corrected chi connectivity index (χ0v) is 12.1. The second-order valence-corrected chi connectivity index (χ2v) is 5.67. The normalized spacial score (nSPS) is 14.3. The van der Waals surface area contributed by atoms with E-state index in [1.165, 1.54) is 16.0 Å². The van der Waals surface area contributed by atoms with Crippen LogP contribution in [0.1, 0.15) is 22.9 Å². The number of fused-ring (bicyclic) bond motifs is 1. The molecular weight excluding hydrogens is 256 g/mol. The van der Waals surface area contributed by atoms with E-state index in [0.717, 1.165) is 37.6 Å². The Hall–Kier alpha value is -1.62. The summed E-state index contributed by atoms with van der Waals surface area (Å²) in [6, 6.07) is 2.23. The average molecular weight is 274 g/mol. The highest BCUT2D eigenvalue weighted by atomic mass is 32.1. The van der Waals surface area contributed by atoms with Gasteiger partial charge in [-0.3, -0.25) is 0 Å². The summed E-state index contributed by atoms with van der Waals surface area (Å²) in [5, 5.41) is 5.35. The summed E-state index contributed by atoms with van der Waals surface area (Å²) < 4.78 is 0. The third-order valence-electron chi connectivity index (χ3n) is 3.62. The van der Waals surface area contributed by atoms with Crippen molar-refractivity contribution in [3.8, 4) is 0 Å². The summed E-state index contributed by atoms with van der Waals surface area (Å²) in [4.78, 5) is 12.7. The molecule has 0 saturated carbocycles. The topological polar surface area (TPSA) is 41.1 Å². The highest BCUT2D eigenvalue weighted by molar-refractivity contribution is 7.10. The first kappa shape index (κ1) is 12.4. The van der Waals surface area contributed by atoms with Gasteiger partial charge in [0, 0.05) is 30.6 Å². The molecule has 0 bridgehead atoms. The third-order valence-corrected chi connectivity index (χ3v) is 4.64. The Morgan fingerprint density at radius 2 is 2.32 bits per heavy atom. The summed E-state index contributed by atoms with van der Waals surface area (Å²) >= 11 is 1.87. The van der Waals surface area contributed by atoms with E-state index in [2.05, 4.69) is 38.6 Å². The molecule has 1 aliphatic rings. The molecule has 5 heteroatoms. The van der Waals surface area contributed by atoms with E-state index < -0.39 is 0 Å². The summed E-state index contributed by atoms with van der Waals surface area (Å²) in [5.74, 6) is 2.03. The van der Waals surface area contributed by atoms with Crippen molar-refractivity contribution in [3.05, 3.63) is 33.8 Å². The molecule has 1 N–H and O–H groups in total. The fourth-order valence-electron chi connectivity index (χ4n) is 2.65. The van der Waals surface area contributed by atoms with Crippen molar-refractivity contribution in [1.29, 1.82) is 0 Å². The van der Waals surface area contributed by atoms with Crippen LogP contribution < -0.4 is 10.2 Å². The lowest BCUT2D eigenvalue weighted by molar-refractivity contribution is 0.724. The van der Waals surface area contributed by atoms with E-state index in [1.807, 2.05) is 18.4 Å². The molecule has 3 rings (SSSR count). The van der Waals surface area contributed by atoms with E-state index in [9.17, 15) is 0 Å². The van der Waals surface area contributed by atoms with E-state index in [1.54, 1.807) is 6.33 Å². The molecule has 0 radical (unpaired) electrons. The Morgan fingerprint density at radius 1 is 1.42 bits per heavy atom. The minimum Gasteiger partial charge on any atom is -0.373 e. The van der Waals surface area contributed by atoms with Crippen LogP contribution in [-0.4, -0.2) is 23.6 Å². The van der Waals surface area contributed by atoms with Gasteiger partial charge >= 0.3 is 0 Å². The van der Waals surface area contributed by atoms with Crippen molar-refractivity contribution in [2.75, 3.05) is 23.8 Å². The highest BCUT2D eigenvalue weighted by Gasteiger charge is 2.21. The van der Waals surface area contributed by atoms with Gasteiger partial charge in [0.25, 0.3) is 0 Å². The average Bonchev–Trinajstić information content (AvgIpc) is 2.93. The van der Waals surface area contributed by atoms with Gasteiger partial charge in [0.2, 0.25) is 0 Å². The highest BCUT2D eigenvalue weighted by Crippen LogP contribution is 2.30. The number of aromatic nitrogens is 2. The van der Waals surface area contributed by atoms with Crippen LogP contribution in [0.3, 0.4) is 0 Å². The second kappa shape index (κ2) is 5.17. The summed E-state index contributed by atoms with van der Waals surface area (Å²) in [6.45, 7) is 4.16. The van der Waals surface area contributed by atoms with Crippen LogP contribution in [0, 0.1) is 0 Å². The molecule has 1 aliphatic heterocycles. The minimum absolute atomic E-state index is 0.944. The molecule has 0 aromatic carbocycles. The van der Waals surface area contributed by atoms with Crippen LogP contribution in [0.2, 0.25) is 0 Å². The van der Waals surface area contributed by atoms with E-state index in [0.29, 0.717) is 0 Å². The maximum Gasteiger partial charge on any atom is 0.137 e. The van der Waals surface area contributed by atoms with Gasteiger partial charge in [-0.05, 0) is 29.9 Å². The Kier molecular flexibility index (Phi) is 3.38. The smallest absolute Gasteiger partial charge is 0.137 e. The summed E-state index contributed by atoms with van der Waals surface area (Å²) in [6.07, 6.45) is 3.72. The molecule has 2 aromatic heterocycles. The first-order valence-corrected chi connectivity index (χ1v) is 7.53. The van der Waals surface area contributed by atoms with Gasteiger partial charge in [-0.25, -0.2) is 9.97 Å². The fraction of sp³-hybridized carbons (Fsp3) is 0.429. The molecule has 0 aliphatic carbocycles. The molecule has 0 atom stereocenters. The van der Waals surface area contributed by atoms with Gasteiger partial charge in [0.15, 0.2) is 0 Å². The predicted octanol–water partition coefficient (Wildman–Crippen LogP) is 2.70. The van der Waals surface area contributed by atoms with E-state index >= 15 is 0 Å². The van der Waals surface area contributed by atoms with Crippen molar-refractivity contribution in [3.63, 3.8) is 0 Å². The van der Waals surface area contributed by atoms with Gasteiger partial charge in [-0.1, -0.05) is 6.92 Å². The standard InChI is InChI=1S/C14H18N4S/c1-3-11-13(15-2)16-9-17-14(11)18-6-4-12-10(8-18)5-7-19-12/h5,7,9H,3-4,6,8H2,1-2H3,(H,15,16,17). The van der Waals surface area contributed by atoms with Gasteiger partial charge < -0.3 is 10.2 Å². The van der Waals surface area contributed by atoms with Crippen molar-refractivity contribution in [2.45, 2.75) is 26.3 Å². The SMILES string of the molecule is CCc1c(NC)ncnc1N1CCc2sccc2C1. The van der Waals surface area contributed by atoms with Crippen molar-refractivity contribution in [1.82, 2.24) is 9.97 Å². The monoisotopic (exact) mass is 274 g/mol. The first-order valence-electron chi connectivity index (χ1n) is 6.65. The lowest BCUT2D eigenvalue weighted by atomic mass is 10.1. The van der Waals surface area contributed by atoms with Crippen LogP contribution in [0.15, 0.2) is 17.8 Å². The number of rotatable bonds is 3. The van der Waals surface area contributed by atoms with Crippen LogP contribution >= 0.6 is 11.3 Å². The summed E-state index contributed by atoms with van der Waals surface area (Å²) in [7, 11) is 1.92. The number of hydrogen-bond donors (Lipinski definition) is 1. The quantitative estimate of drug-likeness (QED) is 0.934. The van der Waals surface area contributed by atoms with Crippen LogP contribution in [0.4, 0.5) is 11.6 Å². The number of anilines is 2. The Morgan fingerprint density at radius 3 is 3.11 bits per heavy atom. The molecule has 0 fully saturated rings. The largest absolute Gasteiger partial charge is 0.373 e. The van der Waals surface area contributed by atoms with Gasteiger partial charge in [0.05, 0.1) is 0 Å². The Labute approximate surface area is 117 Å². The number of hydrogen-bond acceptors (Lipinski definition) is 5. The maximum absolute atomic E-state index is 4.52. The molecule has 0 unspecified atom stereocenters. The second-order valence-electron chi connectivity index (χ2n) is 4.67. The molecule has 0 saturated heterocycles. The van der Waals surface area contributed by atoms with Crippen molar-refractivity contribution in [2.24, 2.45) is 0 Å². The van der Waals surface area contributed by atoms with Gasteiger partial charge in [0.1, 0.15) is 18.0 Å². The molecule has 0 spiro atoms. The lowest BCUT2D eigenvalue weighted by Crippen LogP contribution is -2.31. The van der Waals surface area contributed by atoms with Crippen LogP contribution in [0.25, 0.3) is 0 Å². The lowest BCUT2D eigenvalue weighted by Gasteiger charge is -2.29.